The molecule has 0 bridgehead atoms. The van der Waals surface area contributed by atoms with Crippen LogP contribution in [0.25, 0.3) is 0 Å². The van der Waals surface area contributed by atoms with Crippen molar-refractivity contribution in [3.8, 4) is 6.01 Å². The number of piperidine rings is 1. The van der Waals surface area contributed by atoms with Crippen LogP contribution in [0.15, 0.2) is 41.6 Å². The Kier molecular flexibility index (Phi) is 5.30. The van der Waals surface area contributed by atoms with E-state index in [1.54, 1.807) is 16.7 Å². The second kappa shape index (κ2) is 7.61. The minimum absolute atomic E-state index is 0.00372. The number of carbonyl (C=O) groups excluding carboxylic acids is 1. The molecule has 1 aliphatic rings. The van der Waals surface area contributed by atoms with Gasteiger partial charge in [-0.2, -0.15) is 0 Å². The van der Waals surface area contributed by atoms with E-state index in [-0.39, 0.29) is 18.0 Å². The maximum absolute atomic E-state index is 12.8. The van der Waals surface area contributed by atoms with E-state index in [9.17, 15) is 9.18 Å². The SMILES string of the molecule is CSc1ccc(C(=O)N2CCCC(Oc3ncc(F)cn3)C2)cc1. The van der Waals surface area contributed by atoms with Crippen LogP contribution in [0.3, 0.4) is 0 Å². The molecule has 2 aromatic rings. The molecule has 0 N–H and O–H groups in total. The van der Waals surface area contributed by atoms with Crippen LogP contribution >= 0.6 is 11.8 Å². The van der Waals surface area contributed by atoms with E-state index in [1.165, 1.54) is 0 Å². The number of likely N-dealkylation sites (tertiary alicyclic amines) is 1. The number of hydrogen-bond donors (Lipinski definition) is 0. The van der Waals surface area contributed by atoms with Gasteiger partial charge in [0.1, 0.15) is 6.10 Å². The molecule has 3 rings (SSSR count). The Morgan fingerprint density at radius 2 is 2.00 bits per heavy atom. The van der Waals surface area contributed by atoms with Gasteiger partial charge in [-0.15, -0.1) is 11.8 Å². The second-order valence-electron chi connectivity index (χ2n) is 5.55. The second-order valence-corrected chi connectivity index (χ2v) is 6.43. The normalized spacial score (nSPS) is 17.6. The highest BCUT2D eigenvalue weighted by Gasteiger charge is 2.26. The van der Waals surface area contributed by atoms with Crippen LogP contribution in [0.5, 0.6) is 6.01 Å². The lowest BCUT2D eigenvalue weighted by Crippen LogP contribution is -2.44. The molecule has 1 fully saturated rings. The smallest absolute Gasteiger partial charge is 0.316 e. The fourth-order valence-corrected chi connectivity index (χ4v) is 3.05. The Bertz CT molecular complexity index is 694. The van der Waals surface area contributed by atoms with Gasteiger partial charge in [-0.1, -0.05) is 0 Å². The minimum Gasteiger partial charge on any atom is -0.458 e. The number of hydrogen-bond acceptors (Lipinski definition) is 5. The minimum atomic E-state index is -0.503. The van der Waals surface area contributed by atoms with Crippen molar-refractivity contribution < 1.29 is 13.9 Å². The first-order valence-electron chi connectivity index (χ1n) is 7.73. The number of carbonyl (C=O) groups is 1. The van der Waals surface area contributed by atoms with E-state index in [0.29, 0.717) is 18.7 Å². The molecule has 126 valence electrons. The topological polar surface area (TPSA) is 55.3 Å². The summed E-state index contributed by atoms with van der Waals surface area (Å²) in [5.41, 5.74) is 0.673. The third kappa shape index (κ3) is 4.03. The van der Waals surface area contributed by atoms with Crippen LogP contribution in [0, 0.1) is 5.82 Å². The largest absolute Gasteiger partial charge is 0.458 e. The molecule has 1 atom stereocenters. The number of nitrogens with zero attached hydrogens (tertiary/aromatic N) is 3. The molecule has 1 aromatic carbocycles. The van der Waals surface area contributed by atoms with Gasteiger partial charge in [-0.3, -0.25) is 4.79 Å². The molecule has 1 saturated heterocycles. The molecule has 0 saturated carbocycles. The maximum atomic E-state index is 12.8. The fourth-order valence-electron chi connectivity index (χ4n) is 2.65. The van der Waals surface area contributed by atoms with Crippen LogP contribution < -0.4 is 4.74 Å². The lowest BCUT2D eigenvalue weighted by atomic mass is 10.1. The van der Waals surface area contributed by atoms with E-state index < -0.39 is 5.82 Å². The predicted molar refractivity (Wildman–Crippen MR) is 89.8 cm³/mol. The molecule has 24 heavy (non-hydrogen) atoms. The lowest BCUT2D eigenvalue weighted by Gasteiger charge is -2.32. The van der Waals surface area contributed by atoms with Gasteiger partial charge in [0.05, 0.1) is 18.9 Å². The summed E-state index contributed by atoms with van der Waals surface area (Å²) in [7, 11) is 0. The summed E-state index contributed by atoms with van der Waals surface area (Å²) in [5.74, 6) is -0.507. The number of aromatic nitrogens is 2. The molecule has 2 heterocycles. The van der Waals surface area contributed by atoms with Crippen LogP contribution in [-0.4, -0.2) is 46.2 Å². The molecular weight excluding hydrogens is 329 g/mol. The number of halogens is 1. The average Bonchev–Trinajstić information content (AvgIpc) is 2.63. The van der Waals surface area contributed by atoms with Gasteiger partial charge in [0.2, 0.25) is 0 Å². The Morgan fingerprint density at radius 1 is 1.29 bits per heavy atom. The first-order chi connectivity index (χ1) is 11.7. The molecule has 1 aromatic heterocycles. The Balaban J connectivity index is 1.63. The Morgan fingerprint density at radius 3 is 2.67 bits per heavy atom. The van der Waals surface area contributed by atoms with Gasteiger partial charge < -0.3 is 9.64 Å². The fraction of sp³-hybridized carbons (Fsp3) is 0.353. The molecule has 1 unspecified atom stereocenters. The molecule has 0 aliphatic carbocycles. The van der Waals surface area contributed by atoms with Crippen molar-refractivity contribution in [3.05, 3.63) is 48.0 Å². The van der Waals surface area contributed by atoms with Crippen LogP contribution in [0.2, 0.25) is 0 Å². The van der Waals surface area contributed by atoms with Gasteiger partial charge in [0, 0.05) is 17.0 Å². The van der Waals surface area contributed by atoms with Gasteiger partial charge in [0.25, 0.3) is 5.91 Å². The zero-order valence-corrected chi connectivity index (χ0v) is 14.1. The molecule has 7 heteroatoms. The summed E-state index contributed by atoms with van der Waals surface area (Å²) < 4.78 is 18.5. The number of rotatable bonds is 4. The summed E-state index contributed by atoms with van der Waals surface area (Å²) >= 11 is 1.64. The number of thioether (sulfide) groups is 1. The van der Waals surface area contributed by atoms with Gasteiger partial charge in [-0.25, -0.2) is 14.4 Å². The van der Waals surface area contributed by atoms with Crippen molar-refractivity contribution >= 4 is 17.7 Å². The van der Waals surface area contributed by atoms with Crippen molar-refractivity contribution in [2.45, 2.75) is 23.8 Å². The maximum Gasteiger partial charge on any atom is 0.316 e. The van der Waals surface area contributed by atoms with E-state index in [1.807, 2.05) is 30.5 Å². The van der Waals surface area contributed by atoms with E-state index >= 15 is 0 Å². The Labute approximate surface area is 144 Å². The van der Waals surface area contributed by atoms with Crippen LogP contribution in [-0.2, 0) is 0 Å². The molecule has 0 spiro atoms. The van der Waals surface area contributed by atoms with E-state index in [0.717, 1.165) is 30.1 Å². The molecule has 1 amide bonds. The highest BCUT2D eigenvalue weighted by molar-refractivity contribution is 7.98. The number of benzene rings is 1. The molecule has 1 aliphatic heterocycles. The quantitative estimate of drug-likeness (QED) is 0.796. The number of amides is 1. The molecular formula is C17H18FN3O2S. The summed E-state index contributed by atoms with van der Waals surface area (Å²) in [6.45, 7) is 1.18. The van der Waals surface area contributed by atoms with E-state index in [2.05, 4.69) is 9.97 Å². The first-order valence-corrected chi connectivity index (χ1v) is 8.95. The standard InChI is InChI=1S/C17H18FN3O2S/c1-24-15-6-4-12(5-7-15)16(22)21-8-2-3-14(11-21)23-17-19-9-13(18)10-20-17/h4-7,9-10,14H,2-3,8,11H2,1H3. The van der Waals surface area contributed by atoms with Crippen molar-refractivity contribution in [2.75, 3.05) is 19.3 Å². The van der Waals surface area contributed by atoms with Crippen molar-refractivity contribution in [2.24, 2.45) is 0 Å². The summed E-state index contributed by atoms with van der Waals surface area (Å²) in [4.78, 5) is 23.1. The van der Waals surface area contributed by atoms with Crippen molar-refractivity contribution in [1.29, 1.82) is 0 Å². The highest BCUT2D eigenvalue weighted by Crippen LogP contribution is 2.19. The highest BCUT2D eigenvalue weighted by atomic mass is 32.2. The third-order valence-electron chi connectivity index (χ3n) is 3.87. The van der Waals surface area contributed by atoms with Crippen LogP contribution in [0.1, 0.15) is 23.2 Å². The predicted octanol–water partition coefficient (Wildman–Crippen LogP) is 3.02. The van der Waals surface area contributed by atoms with Gasteiger partial charge >= 0.3 is 6.01 Å². The Hall–Kier alpha value is -2.15. The first kappa shape index (κ1) is 16.7. The summed E-state index contributed by atoms with van der Waals surface area (Å²) in [6.07, 6.45) is 5.62. The van der Waals surface area contributed by atoms with Gasteiger partial charge in [-0.05, 0) is 43.4 Å². The number of ether oxygens (including phenoxy) is 1. The lowest BCUT2D eigenvalue weighted by molar-refractivity contribution is 0.0515. The zero-order chi connectivity index (χ0) is 16.9. The summed E-state index contributed by atoms with van der Waals surface area (Å²) in [5, 5.41) is 0. The molecule has 5 nitrogen and oxygen atoms in total. The van der Waals surface area contributed by atoms with Crippen LogP contribution in [0.4, 0.5) is 4.39 Å². The van der Waals surface area contributed by atoms with Crippen molar-refractivity contribution in [3.63, 3.8) is 0 Å². The van der Waals surface area contributed by atoms with E-state index in [4.69, 9.17) is 4.74 Å². The monoisotopic (exact) mass is 347 g/mol. The van der Waals surface area contributed by atoms with Crippen molar-refractivity contribution in [1.82, 2.24) is 14.9 Å². The average molecular weight is 347 g/mol. The summed E-state index contributed by atoms with van der Waals surface area (Å²) in [6, 6.07) is 7.73. The zero-order valence-electron chi connectivity index (χ0n) is 13.3. The third-order valence-corrected chi connectivity index (χ3v) is 4.61. The molecule has 0 radical (unpaired) electrons. The van der Waals surface area contributed by atoms with Gasteiger partial charge in [0.15, 0.2) is 5.82 Å².